The fraction of sp³-hybridized carbons (Fsp3) is 0.542. The van der Waals surface area contributed by atoms with E-state index in [1.807, 2.05) is 0 Å². The largest absolute Gasteiger partial charge is 0.459 e. The van der Waals surface area contributed by atoms with Crippen LogP contribution in [0.3, 0.4) is 0 Å². The molecule has 0 heterocycles. The topological polar surface area (TPSA) is 76.4 Å². The van der Waals surface area contributed by atoms with Gasteiger partial charge in [-0.25, -0.2) is 9.18 Å². The van der Waals surface area contributed by atoms with Gasteiger partial charge in [0.05, 0.1) is 11.5 Å². The zero-order valence-electron chi connectivity index (χ0n) is 17.3. The standard InChI is InChI=1S/C24H28FNO4/c1-2-3-23(27)29-20-11-8-17(9-12-20)16-4-6-18(7-5-16)24(28)30-21-13-10-19(15-26)22(25)14-21/h2-3,10,13-14,16-18,20H,4-9,11-12H2,1H3/b3-2+. The van der Waals surface area contributed by atoms with Crippen molar-refractivity contribution in [2.24, 2.45) is 17.8 Å². The highest BCUT2D eigenvalue weighted by Crippen LogP contribution is 2.41. The summed E-state index contributed by atoms with van der Waals surface area (Å²) < 4.78 is 24.5. The third-order valence-corrected chi connectivity index (χ3v) is 6.36. The van der Waals surface area contributed by atoms with Crippen LogP contribution in [0, 0.1) is 34.9 Å². The quantitative estimate of drug-likeness (QED) is 0.382. The summed E-state index contributed by atoms with van der Waals surface area (Å²) in [7, 11) is 0. The molecule has 0 saturated heterocycles. The molecule has 2 aliphatic carbocycles. The molecule has 1 aromatic carbocycles. The molecule has 0 bridgehead atoms. The van der Waals surface area contributed by atoms with Crippen LogP contribution in [0.4, 0.5) is 4.39 Å². The molecule has 0 amide bonds. The maximum absolute atomic E-state index is 13.7. The summed E-state index contributed by atoms with van der Waals surface area (Å²) >= 11 is 0. The van der Waals surface area contributed by atoms with E-state index in [0.717, 1.165) is 57.4 Å². The van der Waals surface area contributed by atoms with Crippen LogP contribution in [0.1, 0.15) is 63.9 Å². The van der Waals surface area contributed by atoms with Crippen molar-refractivity contribution in [3.63, 3.8) is 0 Å². The molecule has 3 rings (SSSR count). The van der Waals surface area contributed by atoms with Gasteiger partial charge in [0.25, 0.3) is 0 Å². The lowest BCUT2D eigenvalue weighted by Crippen LogP contribution is -2.31. The van der Waals surface area contributed by atoms with E-state index in [1.54, 1.807) is 19.1 Å². The summed E-state index contributed by atoms with van der Waals surface area (Å²) in [6.45, 7) is 1.80. The van der Waals surface area contributed by atoms with Gasteiger partial charge in [-0.15, -0.1) is 0 Å². The van der Waals surface area contributed by atoms with Crippen LogP contribution in [0.5, 0.6) is 5.75 Å². The summed E-state index contributed by atoms with van der Waals surface area (Å²) in [5.74, 6) is -0.0832. The van der Waals surface area contributed by atoms with Gasteiger partial charge >= 0.3 is 11.9 Å². The van der Waals surface area contributed by atoms with Gasteiger partial charge in [-0.1, -0.05) is 6.08 Å². The number of halogens is 1. The highest BCUT2D eigenvalue weighted by molar-refractivity contribution is 5.81. The molecular weight excluding hydrogens is 385 g/mol. The molecule has 0 atom stereocenters. The maximum Gasteiger partial charge on any atom is 0.330 e. The number of nitriles is 1. The van der Waals surface area contributed by atoms with Gasteiger partial charge in [0.1, 0.15) is 23.7 Å². The summed E-state index contributed by atoms with van der Waals surface area (Å²) in [6.07, 6.45) is 10.6. The molecule has 6 heteroatoms. The van der Waals surface area contributed by atoms with Crippen LogP contribution in [0.2, 0.25) is 0 Å². The number of benzene rings is 1. The number of hydrogen-bond donors (Lipinski definition) is 0. The summed E-state index contributed by atoms with van der Waals surface area (Å²) in [4.78, 5) is 24.0. The highest BCUT2D eigenvalue weighted by Gasteiger charge is 2.34. The molecule has 0 unspecified atom stereocenters. The number of allylic oxidation sites excluding steroid dienone is 1. The van der Waals surface area contributed by atoms with Crippen LogP contribution in [0.15, 0.2) is 30.4 Å². The normalized spacial score (nSPS) is 26.7. The van der Waals surface area contributed by atoms with E-state index in [4.69, 9.17) is 14.7 Å². The van der Waals surface area contributed by atoms with Crippen molar-refractivity contribution in [3.8, 4) is 11.8 Å². The Morgan fingerprint density at radius 2 is 1.70 bits per heavy atom. The Hall–Kier alpha value is -2.68. The number of carbonyl (C=O) groups is 2. The Morgan fingerprint density at radius 1 is 1.07 bits per heavy atom. The first-order valence-electron chi connectivity index (χ1n) is 10.7. The first-order valence-corrected chi connectivity index (χ1v) is 10.7. The zero-order chi connectivity index (χ0) is 21.5. The zero-order valence-corrected chi connectivity index (χ0v) is 17.3. The predicted molar refractivity (Wildman–Crippen MR) is 109 cm³/mol. The Bertz CT molecular complexity index is 828. The summed E-state index contributed by atoms with van der Waals surface area (Å²) in [5.41, 5.74) is -0.0679. The molecule has 0 N–H and O–H groups in total. The minimum Gasteiger partial charge on any atom is -0.459 e. The van der Waals surface area contributed by atoms with Gasteiger partial charge in [0.15, 0.2) is 0 Å². The number of rotatable bonds is 5. The predicted octanol–water partition coefficient (Wildman–Crippen LogP) is 5.09. The Kier molecular flexibility index (Phi) is 7.62. The average molecular weight is 413 g/mol. The molecule has 0 radical (unpaired) electrons. The second-order valence-electron chi connectivity index (χ2n) is 8.26. The molecule has 0 aromatic heterocycles. The van der Waals surface area contributed by atoms with E-state index in [9.17, 15) is 14.0 Å². The second-order valence-corrected chi connectivity index (χ2v) is 8.26. The molecule has 160 valence electrons. The smallest absolute Gasteiger partial charge is 0.330 e. The lowest BCUT2D eigenvalue weighted by atomic mass is 9.70. The Morgan fingerprint density at radius 3 is 2.27 bits per heavy atom. The van der Waals surface area contributed by atoms with Crippen LogP contribution < -0.4 is 4.74 Å². The molecule has 2 fully saturated rings. The fourth-order valence-electron chi connectivity index (χ4n) is 4.69. The SMILES string of the molecule is C/C=C/C(=O)OC1CCC(C2CCC(C(=O)Oc3ccc(C#N)c(F)c3)CC2)CC1. The number of carbonyl (C=O) groups excluding carboxylic acids is 2. The van der Waals surface area contributed by atoms with Crippen LogP contribution >= 0.6 is 0 Å². The molecule has 0 aliphatic heterocycles. The molecule has 2 aliphatic rings. The van der Waals surface area contributed by atoms with Crippen molar-refractivity contribution in [2.75, 3.05) is 0 Å². The van der Waals surface area contributed by atoms with E-state index in [0.29, 0.717) is 11.8 Å². The number of ether oxygens (including phenoxy) is 2. The van der Waals surface area contributed by atoms with Crippen molar-refractivity contribution >= 4 is 11.9 Å². The molecule has 0 spiro atoms. The van der Waals surface area contributed by atoms with Crippen molar-refractivity contribution in [1.29, 1.82) is 5.26 Å². The maximum atomic E-state index is 13.7. The summed E-state index contributed by atoms with van der Waals surface area (Å²) in [5, 5.41) is 8.78. The monoisotopic (exact) mass is 413 g/mol. The second kappa shape index (κ2) is 10.4. The van der Waals surface area contributed by atoms with Gasteiger partial charge in [-0.2, -0.15) is 5.26 Å². The van der Waals surface area contributed by atoms with E-state index < -0.39 is 5.82 Å². The molecule has 5 nitrogen and oxygen atoms in total. The van der Waals surface area contributed by atoms with Gasteiger partial charge < -0.3 is 9.47 Å². The van der Waals surface area contributed by atoms with E-state index in [-0.39, 0.29) is 35.3 Å². The molecule has 1 aromatic rings. The lowest BCUT2D eigenvalue weighted by Gasteiger charge is -2.37. The Balaban J connectivity index is 1.43. The van der Waals surface area contributed by atoms with Gasteiger partial charge in [0, 0.05) is 12.1 Å². The molecular formula is C24H28FNO4. The van der Waals surface area contributed by atoms with E-state index >= 15 is 0 Å². The fourth-order valence-corrected chi connectivity index (χ4v) is 4.69. The van der Waals surface area contributed by atoms with E-state index in [2.05, 4.69) is 0 Å². The minimum absolute atomic E-state index is 0.0177. The molecule has 30 heavy (non-hydrogen) atoms. The van der Waals surface area contributed by atoms with Crippen molar-refractivity contribution in [3.05, 3.63) is 41.7 Å². The third-order valence-electron chi connectivity index (χ3n) is 6.36. The number of hydrogen-bond acceptors (Lipinski definition) is 5. The molecule has 2 saturated carbocycles. The van der Waals surface area contributed by atoms with Crippen molar-refractivity contribution < 1.29 is 23.5 Å². The van der Waals surface area contributed by atoms with Crippen LogP contribution in [0.25, 0.3) is 0 Å². The van der Waals surface area contributed by atoms with Gasteiger partial charge in [-0.05, 0) is 82.3 Å². The number of esters is 2. The first kappa shape index (κ1) is 22.0. The summed E-state index contributed by atoms with van der Waals surface area (Å²) in [6, 6.07) is 5.61. The number of nitrogens with zero attached hydrogens (tertiary/aromatic N) is 1. The van der Waals surface area contributed by atoms with Crippen LogP contribution in [-0.2, 0) is 14.3 Å². The lowest BCUT2D eigenvalue weighted by molar-refractivity contribution is -0.145. The van der Waals surface area contributed by atoms with Gasteiger partial charge in [0.2, 0.25) is 0 Å². The van der Waals surface area contributed by atoms with Crippen molar-refractivity contribution in [1.82, 2.24) is 0 Å². The van der Waals surface area contributed by atoms with E-state index in [1.165, 1.54) is 18.2 Å². The van der Waals surface area contributed by atoms with Crippen molar-refractivity contribution in [2.45, 2.75) is 64.4 Å². The van der Waals surface area contributed by atoms with Crippen LogP contribution in [-0.4, -0.2) is 18.0 Å². The Labute approximate surface area is 176 Å². The average Bonchev–Trinajstić information content (AvgIpc) is 2.75. The third kappa shape index (κ3) is 5.69. The highest BCUT2D eigenvalue weighted by atomic mass is 19.1. The van der Waals surface area contributed by atoms with Gasteiger partial charge in [-0.3, -0.25) is 4.79 Å². The first-order chi connectivity index (χ1) is 14.5. The minimum atomic E-state index is -0.682.